The number of anilines is 2. The molecule has 0 aliphatic carbocycles. The summed E-state index contributed by atoms with van der Waals surface area (Å²) in [6.45, 7) is 2.02. The summed E-state index contributed by atoms with van der Waals surface area (Å²) in [5.74, 6) is 1.09. The second kappa shape index (κ2) is 8.41. The molecule has 4 rings (SSSR count). The molecular weight excluding hydrogens is 379 g/mol. The van der Waals surface area contributed by atoms with E-state index >= 15 is 0 Å². The molecule has 0 atom stereocenters. The molecule has 4 aromatic rings. The van der Waals surface area contributed by atoms with Gasteiger partial charge in [-0.25, -0.2) is 4.39 Å². The summed E-state index contributed by atoms with van der Waals surface area (Å²) in [6, 6.07) is 18.7. The van der Waals surface area contributed by atoms with E-state index in [-0.39, 0.29) is 5.82 Å². The smallest absolute Gasteiger partial charge is 0.162 e. The highest BCUT2D eigenvalue weighted by Gasteiger charge is 2.10. The van der Waals surface area contributed by atoms with Crippen LogP contribution < -0.4 is 14.8 Å². The van der Waals surface area contributed by atoms with Crippen LogP contribution in [0.5, 0.6) is 11.5 Å². The zero-order valence-electron chi connectivity index (χ0n) is 17.2. The summed E-state index contributed by atoms with van der Waals surface area (Å²) in [4.78, 5) is 4.45. The van der Waals surface area contributed by atoms with Crippen molar-refractivity contribution >= 4 is 22.3 Å². The minimum Gasteiger partial charge on any atom is -0.493 e. The number of hydrogen-bond donors (Lipinski definition) is 1. The van der Waals surface area contributed by atoms with E-state index in [0.717, 1.165) is 39.8 Å². The van der Waals surface area contributed by atoms with Gasteiger partial charge in [0.1, 0.15) is 5.82 Å². The van der Waals surface area contributed by atoms with Gasteiger partial charge in [-0.3, -0.25) is 4.98 Å². The third kappa shape index (κ3) is 3.79. The molecule has 1 heterocycles. The van der Waals surface area contributed by atoms with Gasteiger partial charge in [0.25, 0.3) is 0 Å². The summed E-state index contributed by atoms with van der Waals surface area (Å²) < 4.78 is 25.4. The lowest BCUT2D eigenvalue weighted by molar-refractivity contribution is 0.355. The first-order chi connectivity index (χ1) is 14.6. The molecule has 30 heavy (non-hydrogen) atoms. The van der Waals surface area contributed by atoms with E-state index in [9.17, 15) is 4.39 Å². The zero-order chi connectivity index (χ0) is 21.1. The first-order valence-corrected chi connectivity index (χ1v) is 9.79. The quantitative estimate of drug-likeness (QED) is 0.407. The predicted molar refractivity (Wildman–Crippen MR) is 119 cm³/mol. The number of methoxy groups -OCH3 is 2. The summed E-state index contributed by atoms with van der Waals surface area (Å²) in [5, 5.41) is 4.32. The molecule has 0 saturated heterocycles. The summed E-state index contributed by atoms with van der Waals surface area (Å²) in [7, 11) is 3.21. The Hall–Kier alpha value is -3.60. The number of pyridine rings is 1. The average Bonchev–Trinajstić information content (AvgIpc) is 2.78. The van der Waals surface area contributed by atoms with Gasteiger partial charge in [-0.05, 0) is 53.9 Å². The number of nitrogens with zero attached hydrogens (tertiary/aromatic N) is 1. The summed E-state index contributed by atoms with van der Waals surface area (Å²) >= 11 is 0. The van der Waals surface area contributed by atoms with Crippen molar-refractivity contribution in [2.24, 2.45) is 0 Å². The molecule has 0 aliphatic heterocycles. The third-order valence-electron chi connectivity index (χ3n) is 5.16. The maximum absolute atomic E-state index is 14.7. The van der Waals surface area contributed by atoms with Gasteiger partial charge in [-0.1, -0.05) is 25.1 Å². The van der Waals surface area contributed by atoms with Crippen LogP contribution in [0.1, 0.15) is 12.5 Å². The lowest BCUT2D eigenvalue weighted by Crippen LogP contribution is -1.96. The van der Waals surface area contributed by atoms with E-state index in [2.05, 4.69) is 10.3 Å². The number of fused-ring (bicyclic) bond motifs is 1. The van der Waals surface area contributed by atoms with Gasteiger partial charge in [0.15, 0.2) is 11.5 Å². The lowest BCUT2D eigenvalue weighted by Gasteiger charge is -2.13. The highest BCUT2D eigenvalue weighted by Crippen LogP contribution is 2.34. The van der Waals surface area contributed by atoms with Gasteiger partial charge >= 0.3 is 0 Å². The highest BCUT2D eigenvalue weighted by atomic mass is 19.1. The van der Waals surface area contributed by atoms with Crippen LogP contribution in [-0.2, 0) is 6.42 Å². The number of aryl methyl sites for hydroxylation is 1. The number of halogens is 1. The number of benzene rings is 3. The normalized spacial score (nSPS) is 10.8. The van der Waals surface area contributed by atoms with Gasteiger partial charge in [0.05, 0.1) is 19.7 Å². The van der Waals surface area contributed by atoms with Crippen LogP contribution in [0.15, 0.2) is 66.9 Å². The summed E-state index contributed by atoms with van der Waals surface area (Å²) in [6.07, 6.45) is 2.56. The fourth-order valence-corrected chi connectivity index (χ4v) is 3.50. The molecule has 4 nitrogen and oxygen atoms in total. The van der Waals surface area contributed by atoms with Crippen molar-refractivity contribution in [1.82, 2.24) is 4.98 Å². The maximum Gasteiger partial charge on any atom is 0.162 e. The largest absolute Gasteiger partial charge is 0.493 e. The van der Waals surface area contributed by atoms with E-state index in [1.165, 1.54) is 0 Å². The van der Waals surface area contributed by atoms with E-state index in [0.29, 0.717) is 17.1 Å². The molecule has 0 bridgehead atoms. The number of rotatable bonds is 6. The second-order valence-electron chi connectivity index (χ2n) is 6.95. The van der Waals surface area contributed by atoms with Crippen molar-refractivity contribution in [2.75, 3.05) is 19.5 Å². The van der Waals surface area contributed by atoms with Crippen LogP contribution >= 0.6 is 0 Å². The van der Waals surface area contributed by atoms with E-state index in [1.54, 1.807) is 26.5 Å². The number of ether oxygens (including phenoxy) is 2. The zero-order valence-corrected chi connectivity index (χ0v) is 17.2. The first-order valence-electron chi connectivity index (χ1n) is 9.79. The van der Waals surface area contributed by atoms with Crippen molar-refractivity contribution in [3.8, 4) is 22.6 Å². The van der Waals surface area contributed by atoms with Crippen molar-refractivity contribution in [2.45, 2.75) is 13.3 Å². The SMILES string of the molecule is CCc1ccc(-c2ccc3nccc(Nc4ccc(OC)c(OC)c4)c3c2)c(F)c1. The van der Waals surface area contributed by atoms with Gasteiger partial charge in [-0.15, -0.1) is 0 Å². The standard InChI is InChI=1S/C25H23FN2O2/c1-4-16-5-8-19(21(26)13-16)17-6-9-22-20(14-17)23(11-12-27-22)28-18-7-10-24(29-2)25(15-18)30-3/h5-15H,4H2,1-3H3,(H,27,28). The Balaban J connectivity index is 1.75. The van der Waals surface area contributed by atoms with Crippen LogP contribution in [0.4, 0.5) is 15.8 Å². The Morgan fingerprint density at radius 3 is 2.47 bits per heavy atom. The molecule has 1 N–H and O–H groups in total. The number of nitrogens with one attached hydrogen (secondary N) is 1. The third-order valence-corrected chi connectivity index (χ3v) is 5.16. The molecule has 0 unspecified atom stereocenters. The minimum atomic E-state index is -0.216. The topological polar surface area (TPSA) is 43.4 Å². The van der Waals surface area contributed by atoms with Crippen molar-refractivity contribution < 1.29 is 13.9 Å². The highest BCUT2D eigenvalue weighted by molar-refractivity contribution is 5.95. The van der Waals surface area contributed by atoms with Gasteiger partial charge in [-0.2, -0.15) is 0 Å². The van der Waals surface area contributed by atoms with Crippen LogP contribution in [0.3, 0.4) is 0 Å². The average molecular weight is 402 g/mol. The Morgan fingerprint density at radius 1 is 0.900 bits per heavy atom. The minimum absolute atomic E-state index is 0.216. The molecule has 0 saturated carbocycles. The number of aromatic nitrogens is 1. The van der Waals surface area contributed by atoms with Crippen LogP contribution in [-0.4, -0.2) is 19.2 Å². The number of hydrogen-bond acceptors (Lipinski definition) is 4. The summed E-state index contributed by atoms with van der Waals surface area (Å²) in [5.41, 5.74) is 4.93. The van der Waals surface area contributed by atoms with Crippen LogP contribution in [0.2, 0.25) is 0 Å². The van der Waals surface area contributed by atoms with E-state index in [1.807, 2.05) is 61.5 Å². The molecule has 0 fully saturated rings. The fraction of sp³-hybridized carbons (Fsp3) is 0.160. The Morgan fingerprint density at radius 2 is 1.73 bits per heavy atom. The molecule has 1 aromatic heterocycles. The lowest BCUT2D eigenvalue weighted by atomic mass is 10.00. The maximum atomic E-state index is 14.7. The molecule has 0 amide bonds. The van der Waals surface area contributed by atoms with E-state index in [4.69, 9.17) is 9.47 Å². The van der Waals surface area contributed by atoms with Gasteiger partial charge < -0.3 is 14.8 Å². The Bertz CT molecular complexity index is 1210. The van der Waals surface area contributed by atoms with Gasteiger partial charge in [0, 0.05) is 34.6 Å². The van der Waals surface area contributed by atoms with Crippen LogP contribution in [0.25, 0.3) is 22.0 Å². The second-order valence-corrected chi connectivity index (χ2v) is 6.95. The molecular formula is C25H23FN2O2. The van der Waals surface area contributed by atoms with Crippen molar-refractivity contribution in [3.05, 3.63) is 78.2 Å². The van der Waals surface area contributed by atoms with Gasteiger partial charge in [0.2, 0.25) is 0 Å². The Labute approximate surface area is 175 Å². The fourth-order valence-electron chi connectivity index (χ4n) is 3.50. The van der Waals surface area contributed by atoms with Crippen LogP contribution in [0, 0.1) is 5.82 Å². The van der Waals surface area contributed by atoms with Crippen molar-refractivity contribution in [1.29, 1.82) is 0 Å². The molecule has 152 valence electrons. The van der Waals surface area contributed by atoms with Crippen molar-refractivity contribution in [3.63, 3.8) is 0 Å². The monoisotopic (exact) mass is 402 g/mol. The molecule has 5 heteroatoms. The molecule has 0 aliphatic rings. The molecule has 0 spiro atoms. The molecule has 0 radical (unpaired) electrons. The first kappa shape index (κ1) is 19.7. The van der Waals surface area contributed by atoms with E-state index < -0.39 is 0 Å². The molecule has 3 aromatic carbocycles. The Kier molecular flexibility index (Phi) is 5.53. The predicted octanol–water partition coefficient (Wildman–Crippen LogP) is 6.36.